The summed E-state index contributed by atoms with van der Waals surface area (Å²) in [5.74, 6) is 0. The third-order valence-electron chi connectivity index (χ3n) is 2.48. The van der Waals surface area contributed by atoms with Crippen molar-refractivity contribution in [1.82, 2.24) is 10.2 Å². The summed E-state index contributed by atoms with van der Waals surface area (Å²) in [7, 11) is 0. The molecule has 0 spiro atoms. The molecule has 60 valence electrons. The highest BCUT2D eigenvalue weighted by molar-refractivity contribution is 5.28. The molecule has 0 saturated heterocycles. The van der Waals surface area contributed by atoms with Gasteiger partial charge in [-0.25, -0.2) is 0 Å². The molecule has 0 atom stereocenters. The Morgan fingerprint density at radius 2 is 2.33 bits per heavy atom. The summed E-state index contributed by atoms with van der Waals surface area (Å²) >= 11 is 0. The first-order valence-corrected chi connectivity index (χ1v) is 4.07. The molecule has 1 aliphatic carbocycles. The number of hydrogen-bond acceptors (Lipinski definition) is 3. The van der Waals surface area contributed by atoms with Crippen LogP contribution >= 0.6 is 0 Å². The van der Waals surface area contributed by atoms with Crippen molar-refractivity contribution in [3.8, 4) is 6.07 Å². The Kier molecular flexibility index (Phi) is 1.54. The van der Waals surface area contributed by atoms with Crippen LogP contribution in [0.4, 0.5) is 0 Å². The monoisotopic (exact) mass is 159 g/mol. The maximum Gasteiger partial charge on any atom is 0.101 e. The number of aromatic nitrogens is 2. The highest BCUT2D eigenvalue weighted by Gasteiger charge is 2.40. The van der Waals surface area contributed by atoms with Gasteiger partial charge in [-0.1, -0.05) is 0 Å². The molecule has 1 fully saturated rings. The highest BCUT2D eigenvalue weighted by atomic mass is 15.1. The van der Waals surface area contributed by atoms with Crippen LogP contribution < -0.4 is 0 Å². The topological polar surface area (TPSA) is 49.6 Å². The van der Waals surface area contributed by atoms with Crippen LogP contribution in [0.25, 0.3) is 0 Å². The average Bonchev–Trinajstić information content (AvgIpc) is 2.05. The number of rotatable bonds is 1. The molecule has 1 saturated carbocycles. The van der Waals surface area contributed by atoms with Crippen molar-refractivity contribution >= 4 is 0 Å². The fraction of sp³-hybridized carbons (Fsp3) is 0.444. The van der Waals surface area contributed by atoms with E-state index in [1.807, 2.05) is 12.1 Å². The van der Waals surface area contributed by atoms with E-state index in [0.29, 0.717) is 0 Å². The molecule has 0 radical (unpaired) electrons. The van der Waals surface area contributed by atoms with Gasteiger partial charge >= 0.3 is 0 Å². The predicted octanol–water partition coefficient (Wildman–Crippen LogP) is 1.42. The highest BCUT2D eigenvalue weighted by Crippen LogP contribution is 2.41. The van der Waals surface area contributed by atoms with E-state index in [1.165, 1.54) is 0 Å². The van der Waals surface area contributed by atoms with Crippen LogP contribution in [0, 0.1) is 11.3 Å². The molecule has 1 aromatic heterocycles. The SMILES string of the molecule is N#CC1(c2cccnn2)CCC1. The van der Waals surface area contributed by atoms with Crippen LogP contribution in [0.5, 0.6) is 0 Å². The lowest BCUT2D eigenvalue weighted by molar-refractivity contribution is 0.313. The summed E-state index contributed by atoms with van der Waals surface area (Å²) in [6.07, 6.45) is 4.63. The molecule has 0 aliphatic heterocycles. The molecule has 0 bridgehead atoms. The van der Waals surface area contributed by atoms with Crippen LogP contribution in [-0.4, -0.2) is 10.2 Å². The minimum Gasteiger partial charge on any atom is -0.197 e. The summed E-state index contributed by atoms with van der Waals surface area (Å²) in [5.41, 5.74) is 0.521. The summed E-state index contributed by atoms with van der Waals surface area (Å²) in [6.45, 7) is 0. The molecule has 0 amide bonds. The van der Waals surface area contributed by atoms with Crippen LogP contribution in [0.2, 0.25) is 0 Å². The molecular weight excluding hydrogens is 150 g/mol. The first kappa shape index (κ1) is 7.23. The Balaban J connectivity index is 2.36. The van der Waals surface area contributed by atoms with Gasteiger partial charge in [0.1, 0.15) is 5.41 Å². The number of nitrogens with zero attached hydrogens (tertiary/aromatic N) is 3. The average molecular weight is 159 g/mol. The molecule has 1 aromatic rings. The Morgan fingerprint density at radius 1 is 1.50 bits per heavy atom. The zero-order valence-corrected chi connectivity index (χ0v) is 6.70. The minimum absolute atomic E-state index is 0.311. The standard InChI is InChI=1S/C9H9N3/c10-7-9(4-2-5-9)8-3-1-6-11-12-8/h1,3,6H,2,4-5H2. The molecule has 2 rings (SSSR count). The molecule has 0 unspecified atom stereocenters. The van der Waals surface area contributed by atoms with Crippen molar-refractivity contribution in [3.63, 3.8) is 0 Å². The van der Waals surface area contributed by atoms with E-state index in [0.717, 1.165) is 25.0 Å². The van der Waals surface area contributed by atoms with Gasteiger partial charge in [0.25, 0.3) is 0 Å². The Labute approximate surface area is 71.1 Å². The normalized spacial score (nSPS) is 19.2. The van der Waals surface area contributed by atoms with E-state index in [9.17, 15) is 0 Å². The van der Waals surface area contributed by atoms with Gasteiger partial charge in [0.2, 0.25) is 0 Å². The zero-order chi connectivity index (χ0) is 8.44. The molecule has 12 heavy (non-hydrogen) atoms. The van der Waals surface area contributed by atoms with Crippen LogP contribution in [0.15, 0.2) is 18.3 Å². The first-order chi connectivity index (χ1) is 5.87. The lowest BCUT2D eigenvalue weighted by atomic mass is 9.68. The maximum absolute atomic E-state index is 8.97. The molecule has 1 heterocycles. The summed E-state index contributed by atoms with van der Waals surface area (Å²) < 4.78 is 0. The first-order valence-electron chi connectivity index (χ1n) is 4.07. The number of hydrogen-bond donors (Lipinski definition) is 0. The van der Waals surface area contributed by atoms with Crippen molar-refractivity contribution in [2.45, 2.75) is 24.7 Å². The fourth-order valence-corrected chi connectivity index (χ4v) is 1.51. The van der Waals surface area contributed by atoms with Gasteiger partial charge in [0, 0.05) is 6.20 Å². The lowest BCUT2D eigenvalue weighted by Gasteiger charge is -2.33. The van der Waals surface area contributed by atoms with Gasteiger partial charge in [0.15, 0.2) is 0 Å². The summed E-state index contributed by atoms with van der Waals surface area (Å²) in [4.78, 5) is 0. The lowest BCUT2D eigenvalue weighted by Crippen LogP contribution is -2.33. The van der Waals surface area contributed by atoms with E-state index >= 15 is 0 Å². The van der Waals surface area contributed by atoms with E-state index < -0.39 is 0 Å². The van der Waals surface area contributed by atoms with Gasteiger partial charge in [-0.2, -0.15) is 15.5 Å². The van der Waals surface area contributed by atoms with Gasteiger partial charge in [-0.3, -0.25) is 0 Å². The molecule has 1 aliphatic rings. The third kappa shape index (κ3) is 0.884. The van der Waals surface area contributed by atoms with E-state index in [1.54, 1.807) is 6.20 Å². The van der Waals surface area contributed by atoms with Crippen LogP contribution in [0.1, 0.15) is 25.0 Å². The summed E-state index contributed by atoms with van der Waals surface area (Å²) in [6, 6.07) is 6.05. The van der Waals surface area contributed by atoms with Crippen molar-refractivity contribution in [2.24, 2.45) is 0 Å². The van der Waals surface area contributed by atoms with Gasteiger partial charge in [-0.15, -0.1) is 0 Å². The van der Waals surface area contributed by atoms with Gasteiger partial charge in [-0.05, 0) is 31.4 Å². The molecule has 0 aromatic carbocycles. The minimum atomic E-state index is -0.311. The largest absolute Gasteiger partial charge is 0.197 e. The predicted molar refractivity (Wildman–Crippen MR) is 43.2 cm³/mol. The van der Waals surface area contributed by atoms with Crippen molar-refractivity contribution < 1.29 is 0 Å². The van der Waals surface area contributed by atoms with Crippen LogP contribution in [-0.2, 0) is 5.41 Å². The molecule has 3 nitrogen and oxygen atoms in total. The summed E-state index contributed by atoms with van der Waals surface area (Å²) in [5, 5.41) is 16.7. The fourth-order valence-electron chi connectivity index (χ4n) is 1.51. The Morgan fingerprint density at radius 3 is 2.75 bits per heavy atom. The van der Waals surface area contributed by atoms with E-state index in [2.05, 4.69) is 16.3 Å². The Bertz CT molecular complexity index is 308. The van der Waals surface area contributed by atoms with E-state index in [-0.39, 0.29) is 5.41 Å². The number of nitriles is 1. The third-order valence-corrected chi connectivity index (χ3v) is 2.48. The molecular formula is C9H9N3. The van der Waals surface area contributed by atoms with Gasteiger partial charge < -0.3 is 0 Å². The van der Waals surface area contributed by atoms with E-state index in [4.69, 9.17) is 5.26 Å². The van der Waals surface area contributed by atoms with Gasteiger partial charge in [0.05, 0.1) is 11.8 Å². The van der Waals surface area contributed by atoms with Crippen molar-refractivity contribution in [2.75, 3.05) is 0 Å². The zero-order valence-electron chi connectivity index (χ0n) is 6.70. The quantitative estimate of drug-likeness (QED) is 0.622. The molecule has 0 N–H and O–H groups in total. The Hall–Kier alpha value is -1.43. The van der Waals surface area contributed by atoms with Crippen molar-refractivity contribution in [1.29, 1.82) is 5.26 Å². The van der Waals surface area contributed by atoms with Crippen molar-refractivity contribution in [3.05, 3.63) is 24.0 Å². The second kappa shape index (κ2) is 2.56. The molecule has 3 heteroatoms. The second-order valence-electron chi connectivity index (χ2n) is 3.16. The smallest absolute Gasteiger partial charge is 0.101 e. The second-order valence-corrected chi connectivity index (χ2v) is 3.16. The van der Waals surface area contributed by atoms with Crippen LogP contribution in [0.3, 0.4) is 0 Å². The maximum atomic E-state index is 8.97.